The minimum atomic E-state index is -0.653. The maximum atomic E-state index is 10.1. The fraction of sp³-hybridized carbons (Fsp3) is 0.857. The fourth-order valence-electron chi connectivity index (χ4n) is 0.816. The second kappa shape index (κ2) is 5.23. The summed E-state index contributed by atoms with van der Waals surface area (Å²) in [5, 5.41) is 9.03. The molecule has 0 spiro atoms. The molecule has 0 heterocycles. The van der Waals surface area contributed by atoms with Crippen molar-refractivity contribution in [3.63, 3.8) is 0 Å². The topological polar surface area (TPSA) is 72.5 Å². The molecule has 0 aromatic carbocycles. The molecule has 3 atom stereocenters. The largest absolute Gasteiger partial charge is 0.392 e. The monoisotopic (exact) mass is 161 g/mol. The Hall–Kier alpha value is -0.450. The normalized spacial score (nSPS) is 18.9. The molecular formula is C7H15NO3. The van der Waals surface area contributed by atoms with Crippen LogP contribution in [0.2, 0.25) is 0 Å². The molecule has 0 aliphatic carbocycles. The van der Waals surface area contributed by atoms with Gasteiger partial charge in [0.25, 0.3) is 0 Å². The zero-order valence-electron chi connectivity index (χ0n) is 6.86. The molecule has 4 nitrogen and oxygen atoms in total. The molecule has 11 heavy (non-hydrogen) atoms. The first-order valence-corrected chi connectivity index (χ1v) is 3.53. The Bertz CT molecular complexity index is 116. The first-order chi connectivity index (χ1) is 5.13. The molecule has 4 heteroatoms. The zero-order valence-corrected chi connectivity index (χ0v) is 6.86. The van der Waals surface area contributed by atoms with Gasteiger partial charge >= 0.3 is 0 Å². The van der Waals surface area contributed by atoms with Gasteiger partial charge in [0.2, 0.25) is 0 Å². The van der Waals surface area contributed by atoms with Gasteiger partial charge in [-0.2, -0.15) is 0 Å². The highest BCUT2D eigenvalue weighted by molar-refractivity contribution is 5.50. The van der Waals surface area contributed by atoms with Crippen molar-refractivity contribution in [3.8, 4) is 0 Å². The molecule has 66 valence electrons. The third-order valence-electron chi connectivity index (χ3n) is 1.62. The minimum absolute atomic E-state index is 0.225. The Morgan fingerprint density at radius 3 is 2.55 bits per heavy atom. The molecular weight excluding hydrogens is 146 g/mol. The van der Waals surface area contributed by atoms with E-state index >= 15 is 0 Å². The molecule has 0 radical (unpaired) electrons. The Labute approximate surface area is 66.3 Å². The number of rotatable bonds is 5. The average Bonchev–Trinajstić information content (AvgIpc) is 1.98. The van der Waals surface area contributed by atoms with Gasteiger partial charge in [0.05, 0.1) is 18.2 Å². The number of aliphatic hydroxyl groups is 1. The Morgan fingerprint density at radius 2 is 2.27 bits per heavy atom. The first-order valence-electron chi connectivity index (χ1n) is 3.53. The number of ether oxygens (including phenoxy) is 1. The van der Waals surface area contributed by atoms with Gasteiger partial charge < -0.3 is 20.4 Å². The van der Waals surface area contributed by atoms with Crippen molar-refractivity contribution in [1.82, 2.24) is 0 Å². The van der Waals surface area contributed by atoms with Crippen LogP contribution in [0.1, 0.15) is 13.3 Å². The molecule has 0 unspecified atom stereocenters. The van der Waals surface area contributed by atoms with E-state index in [9.17, 15) is 4.79 Å². The van der Waals surface area contributed by atoms with Crippen LogP contribution in [0.5, 0.6) is 0 Å². The minimum Gasteiger partial charge on any atom is -0.392 e. The lowest BCUT2D eigenvalue weighted by molar-refractivity contribution is -0.110. The SMILES string of the molecule is CO[C@@H](CC=O)[C@H](N)[C@@H](C)O. The summed E-state index contributed by atoms with van der Waals surface area (Å²) in [5.74, 6) is 0. The van der Waals surface area contributed by atoms with Gasteiger partial charge in [-0.25, -0.2) is 0 Å². The number of hydrogen-bond acceptors (Lipinski definition) is 4. The third-order valence-corrected chi connectivity index (χ3v) is 1.62. The molecule has 0 rings (SSSR count). The molecule has 0 amide bonds. The van der Waals surface area contributed by atoms with Gasteiger partial charge in [-0.3, -0.25) is 0 Å². The summed E-state index contributed by atoms with van der Waals surface area (Å²) in [6, 6.07) is -0.495. The fourth-order valence-corrected chi connectivity index (χ4v) is 0.816. The van der Waals surface area contributed by atoms with E-state index in [0.29, 0.717) is 0 Å². The number of carbonyl (C=O) groups excluding carboxylic acids is 1. The predicted octanol–water partition coefficient (Wildman–Crippen LogP) is -0.702. The maximum absolute atomic E-state index is 10.1. The van der Waals surface area contributed by atoms with Crippen LogP contribution >= 0.6 is 0 Å². The van der Waals surface area contributed by atoms with Gasteiger partial charge in [0.15, 0.2) is 0 Å². The standard InChI is InChI=1S/C7H15NO3/c1-5(10)7(8)6(11-2)3-4-9/h4-7,10H,3,8H2,1-2H3/t5-,6+,7-/m1/s1. The van der Waals surface area contributed by atoms with E-state index in [-0.39, 0.29) is 12.5 Å². The van der Waals surface area contributed by atoms with Gasteiger partial charge in [-0.05, 0) is 6.92 Å². The lowest BCUT2D eigenvalue weighted by Crippen LogP contribution is -2.44. The summed E-state index contributed by atoms with van der Waals surface area (Å²) in [5.41, 5.74) is 5.52. The number of carbonyl (C=O) groups is 1. The van der Waals surface area contributed by atoms with E-state index in [4.69, 9.17) is 15.6 Å². The van der Waals surface area contributed by atoms with E-state index in [1.54, 1.807) is 6.92 Å². The van der Waals surface area contributed by atoms with Crippen LogP contribution in [0.4, 0.5) is 0 Å². The van der Waals surface area contributed by atoms with Crippen LogP contribution in [0.25, 0.3) is 0 Å². The molecule has 0 aromatic rings. The summed E-state index contributed by atoms with van der Waals surface area (Å²) in [6.07, 6.45) is -0.0775. The van der Waals surface area contributed by atoms with Crippen LogP contribution < -0.4 is 5.73 Å². The Kier molecular flexibility index (Phi) is 5.02. The van der Waals surface area contributed by atoms with Crippen LogP contribution in [-0.4, -0.2) is 36.8 Å². The van der Waals surface area contributed by atoms with Gasteiger partial charge in [-0.15, -0.1) is 0 Å². The second-order valence-electron chi connectivity index (χ2n) is 2.49. The summed E-state index contributed by atoms with van der Waals surface area (Å²) in [4.78, 5) is 10.1. The third kappa shape index (κ3) is 3.46. The van der Waals surface area contributed by atoms with Crippen LogP contribution in [-0.2, 0) is 9.53 Å². The number of hydrogen-bond donors (Lipinski definition) is 2. The lowest BCUT2D eigenvalue weighted by atomic mass is 10.1. The van der Waals surface area contributed by atoms with Crippen molar-refractivity contribution in [2.45, 2.75) is 31.6 Å². The van der Waals surface area contributed by atoms with E-state index < -0.39 is 12.1 Å². The molecule has 0 aromatic heterocycles. The molecule has 0 saturated carbocycles. The number of aldehydes is 1. The molecule has 0 aliphatic heterocycles. The van der Waals surface area contributed by atoms with Gasteiger partial charge in [0, 0.05) is 13.5 Å². The highest BCUT2D eigenvalue weighted by Crippen LogP contribution is 2.03. The average molecular weight is 161 g/mol. The van der Waals surface area contributed by atoms with Gasteiger partial charge in [-0.1, -0.05) is 0 Å². The van der Waals surface area contributed by atoms with Crippen LogP contribution in [0.3, 0.4) is 0 Å². The molecule has 0 bridgehead atoms. The maximum Gasteiger partial charge on any atom is 0.122 e. The van der Waals surface area contributed by atoms with E-state index in [0.717, 1.165) is 6.29 Å². The summed E-state index contributed by atoms with van der Waals surface area (Å²) < 4.78 is 4.90. The molecule has 0 fully saturated rings. The quantitative estimate of drug-likeness (QED) is 0.523. The highest BCUT2D eigenvalue weighted by atomic mass is 16.5. The van der Waals surface area contributed by atoms with Crippen molar-refractivity contribution in [1.29, 1.82) is 0 Å². The van der Waals surface area contributed by atoms with Crippen molar-refractivity contribution in [2.24, 2.45) is 5.73 Å². The molecule has 0 aliphatic rings. The van der Waals surface area contributed by atoms with Crippen LogP contribution in [0.15, 0.2) is 0 Å². The predicted molar refractivity (Wildman–Crippen MR) is 41.1 cm³/mol. The van der Waals surface area contributed by atoms with E-state index in [1.165, 1.54) is 7.11 Å². The Balaban J connectivity index is 3.90. The smallest absolute Gasteiger partial charge is 0.122 e. The lowest BCUT2D eigenvalue weighted by Gasteiger charge is -2.22. The van der Waals surface area contributed by atoms with E-state index in [2.05, 4.69) is 0 Å². The Morgan fingerprint density at radius 1 is 1.73 bits per heavy atom. The van der Waals surface area contributed by atoms with Crippen molar-refractivity contribution < 1.29 is 14.6 Å². The number of aliphatic hydroxyl groups excluding tert-OH is 1. The van der Waals surface area contributed by atoms with Crippen LogP contribution in [0, 0.1) is 0 Å². The first kappa shape index (κ1) is 10.6. The van der Waals surface area contributed by atoms with Crippen molar-refractivity contribution >= 4 is 6.29 Å². The van der Waals surface area contributed by atoms with Gasteiger partial charge in [0.1, 0.15) is 6.29 Å². The number of nitrogens with two attached hydrogens (primary N) is 1. The molecule has 3 N–H and O–H groups in total. The second-order valence-corrected chi connectivity index (χ2v) is 2.49. The summed E-state index contributed by atoms with van der Waals surface area (Å²) >= 11 is 0. The number of methoxy groups -OCH3 is 1. The molecule has 0 saturated heterocycles. The highest BCUT2D eigenvalue weighted by Gasteiger charge is 2.20. The zero-order chi connectivity index (χ0) is 8.85. The van der Waals surface area contributed by atoms with Crippen molar-refractivity contribution in [2.75, 3.05) is 7.11 Å². The summed E-state index contributed by atoms with van der Waals surface area (Å²) in [7, 11) is 1.47. The van der Waals surface area contributed by atoms with Crippen molar-refractivity contribution in [3.05, 3.63) is 0 Å². The van der Waals surface area contributed by atoms with E-state index in [1.807, 2.05) is 0 Å². The summed E-state index contributed by atoms with van der Waals surface area (Å²) in [6.45, 7) is 1.57.